The number of rotatable bonds is 7. The Labute approximate surface area is 158 Å². The third-order valence-corrected chi connectivity index (χ3v) is 5.30. The number of anilines is 1. The van der Waals surface area contributed by atoms with Crippen molar-refractivity contribution in [2.75, 3.05) is 12.3 Å². The molecule has 1 heterocycles. The van der Waals surface area contributed by atoms with E-state index in [2.05, 4.69) is 28.5 Å². The van der Waals surface area contributed by atoms with Gasteiger partial charge in [-0.25, -0.2) is 9.78 Å². The van der Waals surface area contributed by atoms with Gasteiger partial charge in [-0.1, -0.05) is 42.0 Å². The van der Waals surface area contributed by atoms with Crippen molar-refractivity contribution in [3.63, 3.8) is 0 Å². The molecule has 3 rings (SSSR count). The molecule has 1 aliphatic rings. The number of aromatic nitrogens is 1. The Bertz CT molecular complexity index is 741. The molecule has 0 spiro atoms. The summed E-state index contributed by atoms with van der Waals surface area (Å²) < 4.78 is 0. The fourth-order valence-electron chi connectivity index (χ4n) is 3.15. The van der Waals surface area contributed by atoms with Gasteiger partial charge in [0, 0.05) is 18.5 Å². The number of hydrogen-bond acceptors (Lipinski definition) is 4. The quantitative estimate of drug-likeness (QED) is 0.713. The lowest BCUT2D eigenvalue weighted by molar-refractivity contribution is 0.195. The fraction of sp³-hybridized carbons (Fsp3) is 0.400. The van der Waals surface area contributed by atoms with E-state index in [9.17, 15) is 4.79 Å². The van der Waals surface area contributed by atoms with Crippen molar-refractivity contribution in [1.29, 1.82) is 0 Å². The number of urea groups is 1. The Morgan fingerprint density at radius 3 is 2.81 bits per heavy atom. The highest BCUT2D eigenvalue weighted by atomic mass is 32.1. The molecule has 26 heavy (non-hydrogen) atoms. The van der Waals surface area contributed by atoms with E-state index < -0.39 is 0 Å². The molecular formula is C20H26N4OS. The van der Waals surface area contributed by atoms with Gasteiger partial charge in [-0.05, 0) is 37.7 Å². The van der Waals surface area contributed by atoms with E-state index in [0.29, 0.717) is 18.2 Å². The SMILES string of the molecule is Nc1nc(CNC(=O)N(CCC2=CCCCC2)Cc2ccccc2)cs1. The average molecular weight is 371 g/mol. The van der Waals surface area contributed by atoms with Crippen LogP contribution in [0.25, 0.3) is 0 Å². The average Bonchev–Trinajstić information content (AvgIpc) is 3.10. The first kappa shape index (κ1) is 18.5. The van der Waals surface area contributed by atoms with Crippen molar-refractivity contribution in [1.82, 2.24) is 15.2 Å². The maximum Gasteiger partial charge on any atom is 0.318 e. The lowest BCUT2D eigenvalue weighted by atomic mass is 9.97. The standard InChI is InChI=1S/C20H26N4OS/c21-19-23-18(15-26-19)13-22-20(25)24(14-17-9-5-2-6-10-17)12-11-16-7-3-1-4-8-16/h2,5-7,9-10,15H,1,3-4,8,11-14H2,(H2,21,23)(H,22,25). The zero-order chi connectivity index (χ0) is 18.2. The molecule has 0 aliphatic heterocycles. The molecule has 1 aromatic heterocycles. The van der Waals surface area contributed by atoms with Gasteiger partial charge < -0.3 is 16.0 Å². The van der Waals surface area contributed by atoms with Crippen molar-refractivity contribution >= 4 is 22.5 Å². The van der Waals surface area contributed by atoms with Gasteiger partial charge in [-0.2, -0.15) is 0 Å². The summed E-state index contributed by atoms with van der Waals surface area (Å²) in [7, 11) is 0. The van der Waals surface area contributed by atoms with Crippen molar-refractivity contribution in [3.05, 3.63) is 58.6 Å². The van der Waals surface area contributed by atoms with Gasteiger partial charge in [-0.3, -0.25) is 0 Å². The number of allylic oxidation sites excluding steroid dienone is 1. The van der Waals surface area contributed by atoms with E-state index in [-0.39, 0.29) is 6.03 Å². The highest BCUT2D eigenvalue weighted by Gasteiger charge is 2.15. The van der Waals surface area contributed by atoms with Crippen LogP contribution in [0.15, 0.2) is 47.4 Å². The fourth-order valence-corrected chi connectivity index (χ4v) is 3.71. The summed E-state index contributed by atoms with van der Waals surface area (Å²) in [6.07, 6.45) is 8.19. The van der Waals surface area contributed by atoms with Gasteiger partial charge >= 0.3 is 6.03 Å². The van der Waals surface area contributed by atoms with Crippen LogP contribution in [0.4, 0.5) is 9.93 Å². The molecule has 0 saturated carbocycles. The molecule has 2 amide bonds. The second-order valence-electron chi connectivity index (χ2n) is 6.60. The molecule has 0 bridgehead atoms. The zero-order valence-corrected chi connectivity index (χ0v) is 15.8. The molecular weight excluding hydrogens is 344 g/mol. The number of nitrogens with zero attached hydrogens (tertiary/aromatic N) is 2. The monoisotopic (exact) mass is 370 g/mol. The van der Waals surface area contributed by atoms with E-state index in [1.165, 1.54) is 42.6 Å². The van der Waals surface area contributed by atoms with Gasteiger partial charge in [0.1, 0.15) is 0 Å². The highest BCUT2D eigenvalue weighted by Crippen LogP contribution is 2.21. The van der Waals surface area contributed by atoms with E-state index in [0.717, 1.165) is 24.2 Å². The molecule has 6 heteroatoms. The molecule has 1 aliphatic carbocycles. The summed E-state index contributed by atoms with van der Waals surface area (Å²) in [6.45, 7) is 1.74. The minimum Gasteiger partial charge on any atom is -0.375 e. The highest BCUT2D eigenvalue weighted by molar-refractivity contribution is 7.13. The van der Waals surface area contributed by atoms with Gasteiger partial charge in [-0.15, -0.1) is 11.3 Å². The summed E-state index contributed by atoms with van der Waals surface area (Å²) in [4.78, 5) is 18.8. The smallest absolute Gasteiger partial charge is 0.318 e. The van der Waals surface area contributed by atoms with Crippen molar-refractivity contribution in [2.45, 2.75) is 45.2 Å². The minimum absolute atomic E-state index is 0.0585. The molecule has 5 nitrogen and oxygen atoms in total. The predicted molar refractivity (Wildman–Crippen MR) is 107 cm³/mol. The topological polar surface area (TPSA) is 71.2 Å². The number of benzene rings is 1. The van der Waals surface area contributed by atoms with Crippen LogP contribution >= 0.6 is 11.3 Å². The van der Waals surface area contributed by atoms with Crippen molar-refractivity contribution in [3.8, 4) is 0 Å². The van der Waals surface area contributed by atoms with Gasteiger partial charge in [0.05, 0.1) is 12.2 Å². The van der Waals surface area contributed by atoms with Crippen molar-refractivity contribution < 1.29 is 4.79 Å². The zero-order valence-electron chi connectivity index (χ0n) is 15.0. The Hall–Kier alpha value is -2.34. The van der Waals surface area contributed by atoms with Crippen LogP contribution in [0.1, 0.15) is 43.4 Å². The second-order valence-corrected chi connectivity index (χ2v) is 7.49. The maximum absolute atomic E-state index is 12.7. The van der Waals surface area contributed by atoms with Gasteiger partial charge in [0.15, 0.2) is 5.13 Å². The van der Waals surface area contributed by atoms with E-state index in [4.69, 9.17) is 5.73 Å². The van der Waals surface area contributed by atoms with Crippen LogP contribution < -0.4 is 11.1 Å². The summed E-state index contributed by atoms with van der Waals surface area (Å²) in [5, 5.41) is 5.38. The summed E-state index contributed by atoms with van der Waals surface area (Å²) >= 11 is 1.39. The number of hydrogen-bond donors (Lipinski definition) is 2. The van der Waals surface area contributed by atoms with E-state index in [1.54, 1.807) is 0 Å². The van der Waals surface area contributed by atoms with Crippen LogP contribution in [-0.2, 0) is 13.1 Å². The number of nitrogen functional groups attached to an aromatic ring is 1. The normalized spacial score (nSPS) is 13.9. The number of thiazole rings is 1. The maximum atomic E-state index is 12.7. The second kappa shape index (κ2) is 9.38. The van der Waals surface area contributed by atoms with E-state index in [1.807, 2.05) is 28.5 Å². The first-order valence-corrected chi connectivity index (χ1v) is 10.0. The number of nitrogens with two attached hydrogens (primary N) is 1. The number of amides is 2. The summed E-state index contributed by atoms with van der Waals surface area (Å²) in [5.41, 5.74) is 9.07. The molecule has 2 aromatic rings. The summed E-state index contributed by atoms with van der Waals surface area (Å²) in [6, 6.07) is 10.1. The Kier molecular flexibility index (Phi) is 6.66. The van der Waals surface area contributed by atoms with Crippen LogP contribution in [0.5, 0.6) is 0 Å². The molecule has 0 atom stereocenters. The third kappa shape index (κ3) is 5.59. The van der Waals surface area contributed by atoms with Gasteiger partial charge in [0.25, 0.3) is 0 Å². The lowest BCUT2D eigenvalue weighted by Gasteiger charge is -2.24. The van der Waals surface area contributed by atoms with Crippen LogP contribution in [0.3, 0.4) is 0 Å². The lowest BCUT2D eigenvalue weighted by Crippen LogP contribution is -2.40. The molecule has 3 N–H and O–H groups in total. The predicted octanol–water partition coefficient (Wildman–Crippen LogP) is 4.33. The largest absolute Gasteiger partial charge is 0.375 e. The van der Waals surface area contributed by atoms with E-state index >= 15 is 0 Å². The number of nitrogens with one attached hydrogen (secondary N) is 1. The third-order valence-electron chi connectivity index (χ3n) is 4.58. The minimum atomic E-state index is -0.0585. The Morgan fingerprint density at radius 1 is 1.27 bits per heavy atom. The molecule has 0 unspecified atom stereocenters. The number of carbonyl (C=O) groups excluding carboxylic acids is 1. The molecule has 0 saturated heterocycles. The van der Waals surface area contributed by atoms with Crippen LogP contribution in [0, 0.1) is 0 Å². The Morgan fingerprint density at radius 2 is 2.12 bits per heavy atom. The molecule has 1 aromatic carbocycles. The number of carbonyl (C=O) groups is 1. The summed E-state index contributed by atoms with van der Waals surface area (Å²) in [5.74, 6) is 0. The first-order valence-electron chi connectivity index (χ1n) is 9.15. The van der Waals surface area contributed by atoms with Crippen LogP contribution in [-0.4, -0.2) is 22.5 Å². The Balaban J connectivity index is 1.60. The van der Waals surface area contributed by atoms with Crippen LogP contribution in [0.2, 0.25) is 0 Å². The molecule has 0 fully saturated rings. The molecule has 0 radical (unpaired) electrons. The first-order chi connectivity index (χ1) is 12.7. The van der Waals surface area contributed by atoms with Crippen molar-refractivity contribution in [2.24, 2.45) is 0 Å². The van der Waals surface area contributed by atoms with Gasteiger partial charge in [0.2, 0.25) is 0 Å². The molecule has 138 valence electrons.